The Morgan fingerprint density at radius 2 is 1.56 bits per heavy atom. The number of nitrogens with zero attached hydrogens (tertiary/aromatic N) is 2. The van der Waals surface area contributed by atoms with Crippen LogP contribution in [0.2, 0.25) is 20.1 Å². The maximum Gasteiger partial charge on any atom is 0.188 e. The van der Waals surface area contributed by atoms with Crippen LogP contribution in [0.25, 0.3) is 10.8 Å². The molecule has 0 fully saturated rings. The molecule has 2 rings (SSSR count). The molecule has 18 heavy (non-hydrogen) atoms. The van der Waals surface area contributed by atoms with Crippen molar-refractivity contribution in [3.63, 3.8) is 0 Å². The molecule has 0 radical (unpaired) electrons. The van der Waals surface area contributed by atoms with Crippen LogP contribution in [-0.2, 0) is 7.05 Å². The lowest BCUT2D eigenvalue weighted by atomic mass is 10.2. The summed E-state index contributed by atoms with van der Waals surface area (Å²) in [5.41, 5.74) is 1.93. The molecule has 0 unspecified atom stereocenters. The molecular formula is C9H5Cl4N3O2. The minimum Gasteiger partial charge on any atom is -0.310 e. The molecule has 0 saturated heterocycles. The van der Waals surface area contributed by atoms with Crippen LogP contribution in [0.1, 0.15) is 0 Å². The fourth-order valence-electron chi connectivity index (χ4n) is 1.74. The second-order valence-corrected chi connectivity index (χ2v) is 4.95. The van der Waals surface area contributed by atoms with E-state index in [9.17, 15) is 4.91 Å². The smallest absolute Gasteiger partial charge is 0.188 e. The van der Waals surface area contributed by atoms with Gasteiger partial charge < -0.3 is 4.57 Å². The standard InChI is InChI=1S/C9H5Cl4N3O2/c1-16-8(14-17)2-3(9(16)15-18)5(11)7(13)6(12)4(2)10/h14,17H,1H3. The highest BCUT2D eigenvalue weighted by Gasteiger charge is 2.25. The molecule has 2 N–H and O–H groups in total. The van der Waals surface area contributed by atoms with Gasteiger partial charge in [-0.05, 0) is 5.18 Å². The first-order valence-electron chi connectivity index (χ1n) is 4.53. The SMILES string of the molecule is Cn1c(N=O)c2c(Cl)c(Cl)c(Cl)c(Cl)c2c1NO. The van der Waals surface area contributed by atoms with Crippen molar-refractivity contribution in [2.75, 3.05) is 5.48 Å². The molecule has 1 aromatic carbocycles. The zero-order valence-electron chi connectivity index (χ0n) is 8.76. The van der Waals surface area contributed by atoms with Gasteiger partial charge in [0.1, 0.15) is 5.82 Å². The van der Waals surface area contributed by atoms with Crippen LogP contribution in [0.4, 0.5) is 11.6 Å². The lowest BCUT2D eigenvalue weighted by molar-refractivity contribution is 0.384. The van der Waals surface area contributed by atoms with Gasteiger partial charge in [-0.25, -0.2) is 0 Å². The largest absolute Gasteiger partial charge is 0.310 e. The zero-order chi connectivity index (χ0) is 13.6. The predicted molar refractivity (Wildman–Crippen MR) is 73.8 cm³/mol. The predicted octanol–water partition coefficient (Wildman–Crippen LogP) is 4.99. The molecule has 0 amide bonds. The van der Waals surface area contributed by atoms with Crippen molar-refractivity contribution in [1.29, 1.82) is 0 Å². The number of rotatable bonds is 2. The van der Waals surface area contributed by atoms with Crippen LogP contribution in [0.3, 0.4) is 0 Å². The number of nitrogens with one attached hydrogen (secondary N) is 1. The molecule has 1 heterocycles. The second-order valence-electron chi connectivity index (χ2n) is 3.44. The summed E-state index contributed by atoms with van der Waals surface area (Å²) in [6.45, 7) is 0. The van der Waals surface area contributed by atoms with E-state index in [-0.39, 0.29) is 42.5 Å². The van der Waals surface area contributed by atoms with E-state index in [1.807, 2.05) is 5.48 Å². The first kappa shape index (κ1) is 13.7. The number of halogens is 4. The Balaban J connectivity index is 3.15. The Bertz CT molecular complexity index is 668. The Labute approximate surface area is 121 Å². The molecular weight excluding hydrogens is 324 g/mol. The van der Waals surface area contributed by atoms with Crippen molar-refractivity contribution in [1.82, 2.24) is 4.57 Å². The maximum atomic E-state index is 10.9. The molecule has 0 aliphatic heterocycles. The highest BCUT2D eigenvalue weighted by molar-refractivity contribution is 6.56. The number of nitroso groups, excluding NO2 is 1. The van der Waals surface area contributed by atoms with Gasteiger partial charge in [0, 0.05) is 7.05 Å². The molecule has 5 nitrogen and oxygen atoms in total. The Morgan fingerprint density at radius 3 is 2.00 bits per heavy atom. The van der Waals surface area contributed by atoms with Gasteiger partial charge in [0.05, 0.1) is 30.9 Å². The summed E-state index contributed by atoms with van der Waals surface area (Å²) in [5.74, 6) is 0.122. The Hall–Kier alpha value is -0.720. The van der Waals surface area contributed by atoms with Crippen LogP contribution >= 0.6 is 46.4 Å². The van der Waals surface area contributed by atoms with Gasteiger partial charge in [0.15, 0.2) is 5.82 Å². The van der Waals surface area contributed by atoms with Crippen molar-refractivity contribution in [2.45, 2.75) is 0 Å². The van der Waals surface area contributed by atoms with Gasteiger partial charge in [-0.2, -0.15) is 0 Å². The average molecular weight is 329 g/mol. The van der Waals surface area contributed by atoms with Gasteiger partial charge in [0.2, 0.25) is 0 Å². The number of fused-ring (bicyclic) bond motifs is 1. The summed E-state index contributed by atoms with van der Waals surface area (Å²) in [6.07, 6.45) is 0. The summed E-state index contributed by atoms with van der Waals surface area (Å²) in [7, 11) is 1.50. The Kier molecular flexibility index (Phi) is 3.62. The lowest BCUT2D eigenvalue weighted by Gasteiger charge is -2.06. The first-order valence-corrected chi connectivity index (χ1v) is 6.04. The molecule has 0 atom stereocenters. The fraction of sp³-hybridized carbons (Fsp3) is 0.111. The molecule has 1 aromatic heterocycles. The molecule has 0 saturated carbocycles. The van der Waals surface area contributed by atoms with Gasteiger partial charge in [-0.1, -0.05) is 46.4 Å². The summed E-state index contributed by atoms with van der Waals surface area (Å²) in [6, 6.07) is 0. The van der Waals surface area contributed by atoms with E-state index in [0.717, 1.165) is 0 Å². The summed E-state index contributed by atoms with van der Waals surface area (Å²) < 4.78 is 1.29. The number of hydrogen-bond donors (Lipinski definition) is 2. The van der Waals surface area contributed by atoms with Crippen molar-refractivity contribution >= 4 is 68.8 Å². The van der Waals surface area contributed by atoms with E-state index in [0.29, 0.717) is 0 Å². The molecule has 0 aliphatic rings. The monoisotopic (exact) mass is 327 g/mol. The van der Waals surface area contributed by atoms with E-state index in [2.05, 4.69) is 5.18 Å². The molecule has 0 aliphatic carbocycles. The third kappa shape index (κ3) is 1.66. The van der Waals surface area contributed by atoms with Crippen LogP contribution in [0.15, 0.2) is 5.18 Å². The molecule has 0 bridgehead atoms. The molecule has 96 valence electrons. The number of benzene rings is 1. The zero-order valence-corrected chi connectivity index (χ0v) is 11.8. The third-order valence-corrected chi connectivity index (χ3v) is 4.38. The maximum absolute atomic E-state index is 10.9. The van der Waals surface area contributed by atoms with Crippen molar-refractivity contribution in [3.8, 4) is 0 Å². The van der Waals surface area contributed by atoms with Crippen LogP contribution in [0.5, 0.6) is 0 Å². The Morgan fingerprint density at radius 1 is 1.06 bits per heavy atom. The summed E-state index contributed by atoms with van der Waals surface area (Å²) in [4.78, 5) is 10.9. The second kappa shape index (κ2) is 4.75. The molecule has 0 spiro atoms. The average Bonchev–Trinajstić information content (AvgIpc) is 2.65. The fourth-order valence-corrected chi connectivity index (χ4v) is 2.77. The van der Waals surface area contributed by atoms with Crippen molar-refractivity contribution in [2.24, 2.45) is 12.2 Å². The van der Waals surface area contributed by atoms with Gasteiger partial charge >= 0.3 is 0 Å². The van der Waals surface area contributed by atoms with E-state index in [4.69, 9.17) is 51.6 Å². The van der Waals surface area contributed by atoms with Crippen LogP contribution < -0.4 is 5.48 Å². The number of anilines is 1. The third-order valence-electron chi connectivity index (χ3n) is 2.57. The lowest BCUT2D eigenvalue weighted by Crippen LogP contribution is -1.97. The normalized spacial score (nSPS) is 11.0. The van der Waals surface area contributed by atoms with E-state index in [1.165, 1.54) is 11.6 Å². The highest BCUT2D eigenvalue weighted by Crippen LogP contribution is 2.49. The van der Waals surface area contributed by atoms with Crippen molar-refractivity contribution in [3.05, 3.63) is 25.0 Å². The topological polar surface area (TPSA) is 66.6 Å². The number of aromatic nitrogens is 1. The highest BCUT2D eigenvalue weighted by atomic mass is 35.5. The minimum absolute atomic E-state index is 0.0213. The molecule has 9 heteroatoms. The van der Waals surface area contributed by atoms with Crippen LogP contribution in [-0.4, -0.2) is 9.77 Å². The molecule has 2 aromatic rings. The van der Waals surface area contributed by atoms with Gasteiger partial charge in [-0.3, -0.25) is 10.7 Å². The van der Waals surface area contributed by atoms with E-state index in [1.54, 1.807) is 0 Å². The van der Waals surface area contributed by atoms with E-state index < -0.39 is 0 Å². The quantitative estimate of drug-likeness (QED) is 0.353. The van der Waals surface area contributed by atoms with Crippen molar-refractivity contribution < 1.29 is 5.21 Å². The minimum atomic E-state index is -0.0213. The van der Waals surface area contributed by atoms with E-state index >= 15 is 0 Å². The van der Waals surface area contributed by atoms with Crippen LogP contribution in [0, 0.1) is 4.91 Å². The first-order chi connectivity index (χ1) is 8.45. The van der Waals surface area contributed by atoms with Gasteiger partial charge in [-0.15, -0.1) is 4.91 Å². The summed E-state index contributed by atoms with van der Waals surface area (Å²) in [5, 5.41) is 12.6. The summed E-state index contributed by atoms with van der Waals surface area (Å²) >= 11 is 23.9. The van der Waals surface area contributed by atoms with Gasteiger partial charge in [0.25, 0.3) is 0 Å². The number of hydrogen-bond acceptors (Lipinski definition) is 4.